The zero-order valence-corrected chi connectivity index (χ0v) is 17.8. The minimum Gasteiger partial charge on any atom is -0.455 e. The standard InChI is InChI=1S/C21H20BrN3O5/c1-13-2-4-14(5-3-13)20(28)24-25-11-15(10-19(25)27)21(29)30-12-18(26)23-17-8-6-16(22)7-9-17/h2-9,15H,10-12H2,1H3,(H,23,26)(H,24,28)/t15-/m0/s1. The van der Waals surface area contributed by atoms with Crippen molar-refractivity contribution in [3.05, 3.63) is 64.1 Å². The molecule has 1 heterocycles. The molecule has 156 valence electrons. The Bertz CT molecular complexity index is 960. The first kappa shape index (κ1) is 21.5. The number of benzene rings is 2. The summed E-state index contributed by atoms with van der Waals surface area (Å²) in [7, 11) is 0. The van der Waals surface area contributed by atoms with E-state index in [4.69, 9.17) is 4.74 Å². The van der Waals surface area contributed by atoms with Gasteiger partial charge in [-0.1, -0.05) is 33.6 Å². The number of nitrogens with one attached hydrogen (secondary N) is 2. The van der Waals surface area contributed by atoms with Gasteiger partial charge in [-0.2, -0.15) is 0 Å². The molecule has 2 aromatic rings. The Labute approximate surface area is 181 Å². The monoisotopic (exact) mass is 473 g/mol. The van der Waals surface area contributed by atoms with Crippen molar-refractivity contribution in [1.29, 1.82) is 0 Å². The molecule has 0 unspecified atom stereocenters. The van der Waals surface area contributed by atoms with E-state index >= 15 is 0 Å². The quantitative estimate of drug-likeness (QED) is 0.626. The first-order valence-electron chi connectivity index (χ1n) is 9.22. The molecule has 3 amide bonds. The molecule has 2 N–H and O–H groups in total. The number of carbonyl (C=O) groups excluding carboxylic acids is 4. The van der Waals surface area contributed by atoms with Crippen LogP contribution in [0.15, 0.2) is 53.0 Å². The van der Waals surface area contributed by atoms with Crippen LogP contribution in [-0.2, 0) is 19.1 Å². The number of anilines is 1. The fourth-order valence-electron chi connectivity index (χ4n) is 2.85. The zero-order valence-electron chi connectivity index (χ0n) is 16.2. The number of esters is 1. The maximum atomic E-state index is 12.3. The normalized spacial score (nSPS) is 15.6. The van der Waals surface area contributed by atoms with Gasteiger partial charge in [0.2, 0.25) is 5.91 Å². The second-order valence-electron chi connectivity index (χ2n) is 6.88. The Morgan fingerprint density at radius 2 is 1.77 bits per heavy atom. The van der Waals surface area contributed by atoms with Crippen molar-refractivity contribution in [2.75, 3.05) is 18.5 Å². The van der Waals surface area contributed by atoms with Crippen LogP contribution in [-0.4, -0.2) is 41.9 Å². The van der Waals surface area contributed by atoms with Crippen LogP contribution in [0.1, 0.15) is 22.3 Å². The van der Waals surface area contributed by atoms with Gasteiger partial charge in [0.15, 0.2) is 6.61 Å². The largest absolute Gasteiger partial charge is 0.455 e. The lowest BCUT2D eigenvalue weighted by molar-refractivity contribution is -0.151. The summed E-state index contributed by atoms with van der Waals surface area (Å²) >= 11 is 3.30. The van der Waals surface area contributed by atoms with Gasteiger partial charge in [0.1, 0.15) is 0 Å². The Hall–Kier alpha value is -3.20. The number of ether oxygens (including phenoxy) is 1. The van der Waals surface area contributed by atoms with E-state index in [0.717, 1.165) is 15.0 Å². The molecule has 0 radical (unpaired) electrons. The molecule has 30 heavy (non-hydrogen) atoms. The molecule has 0 bridgehead atoms. The fraction of sp³-hybridized carbons (Fsp3) is 0.238. The lowest BCUT2D eigenvalue weighted by Crippen LogP contribution is -2.43. The average Bonchev–Trinajstić information content (AvgIpc) is 3.09. The van der Waals surface area contributed by atoms with E-state index in [1.54, 1.807) is 48.5 Å². The number of nitrogens with zero attached hydrogens (tertiary/aromatic N) is 1. The van der Waals surface area contributed by atoms with Crippen molar-refractivity contribution in [3.63, 3.8) is 0 Å². The van der Waals surface area contributed by atoms with Gasteiger partial charge in [0.25, 0.3) is 11.8 Å². The predicted molar refractivity (Wildman–Crippen MR) is 112 cm³/mol. The third-order valence-corrected chi connectivity index (χ3v) is 5.01. The lowest BCUT2D eigenvalue weighted by atomic mass is 10.1. The van der Waals surface area contributed by atoms with Gasteiger partial charge in [-0.05, 0) is 43.3 Å². The molecule has 9 heteroatoms. The Kier molecular flexibility index (Phi) is 6.83. The van der Waals surface area contributed by atoms with E-state index in [-0.39, 0.29) is 13.0 Å². The van der Waals surface area contributed by atoms with E-state index in [0.29, 0.717) is 11.3 Å². The third kappa shape index (κ3) is 5.66. The molecule has 1 saturated heterocycles. The molecular weight excluding hydrogens is 454 g/mol. The summed E-state index contributed by atoms with van der Waals surface area (Å²) in [6.45, 7) is 1.43. The van der Waals surface area contributed by atoms with Gasteiger partial charge in [-0.15, -0.1) is 0 Å². The predicted octanol–water partition coefficient (Wildman–Crippen LogP) is 2.43. The zero-order chi connectivity index (χ0) is 21.7. The van der Waals surface area contributed by atoms with Crippen LogP contribution in [0.3, 0.4) is 0 Å². The molecule has 1 fully saturated rings. The van der Waals surface area contributed by atoms with E-state index < -0.39 is 36.2 Å². The van der Waals surface area contributed by atoms with Crippen molar-refractivity contribution < 1.29 is 23.9 Å². The topological polar surface area (TPSA) is 105 Å². The van der Waals surface area contributed by atoms with Crippen molar-refractivity contribution in [3.8, 4) is 0 Å². The fourth-order valence-corrected chi connectivity index (χ4v) is 3.11. The third-order valence-electron chi connectivity index (χ3n) is 4.48. The minimum atomic E-state index is -0.753. The smallest absolute Gasteiger partial charge is 0.311 e. The summed E-state index contributed by atoms with van der Waals surface area (Å²) in [5.74, 6) is -2.74. The van der Waals surface area contributed by atoms with Gasteiger partial charge < -0.3 is 10.1 Å². The summed E-state index contributed by atoms with van der Waals surface area (Å²) < 4.78 is 5.90. The molecule has 8 nitrogen and oxygen atoms in total. The number of rotatable bonds is 6. The first-order chi connectivity index (χ1) is 14.3. The molecular formula is C21H20BrN3O5. The van der Waals surface area contributed by atoms with Crippen molar-refractivity contribution in [2.45, 2.75) is 13.3 Å². The molecule has 0 saturated carbocycles. The highest BCUT2D eigenvalue weighted by Gasteiger charge is 2.36. The lowest BCUT2D eigenvalue weighted by Gasteiger charge is -2.17. The number of hydrogen-bond acceptors (Lipinski definition) is 5. The summed E-state index contributed by atoms with van der Waals surface area (Å²) in [6.07, 6.45) is -0.0959. The van der Waals surface area contributed by atoms with Crippen LogP contribution in [0, 0.1) is 12.8 Å². The SMILES string of the molecule is Cc1ccc(C(=O)NN2C[C@@H](C(=O)OCC(=O)Nc3ccc(Br)cc3)CC2=O)cc1. The maximum Gasteiger partial charge on any atom is 0.311 e. The molecule has 1 aliphatic heterocycles. The van der Waals surface area contributed by atoms with Crippen molar-refractivity contribution in [2.24, 2.45) is 5.92 Å². The average molecular weight is 474 g/mol. The summed E-state index contributed by atoms with van der Waals surface area (Å²) in [5, 5.41) is 3.72. The summed E-state index contributed by atoms with van der Waals surface area (Å²) in [6, 6.07) is 13.8. The number of hydrogen-bond donors (Lipinski definition) is 2. The van der Waals surface area contributed by atoms with Crippen LogP contribution < -0.4 is 10.7 Å². The molecule has 0 aromatic heterocycles. The molecule has 1 aliphatic rings. The molecule has 3 rings (SSSR count). The highest BCUT2D eigenvalue weighted by atomic mass is 79.9. The van der Waals surface area contributed by atoms with E-state index in [1.807, 2.05) is 6.92 Å². The molecule has 0 aliphatic carbocycles. The van der Waals surface area contributed by atoms with Gasteiger partial charge >= 0.3 is 5.97 Å². The highest BCUT2D eigenvalue weighted by molar-refractivity contribution is 9.10. The van der Waals surface area contributed by atoms with Crippen LogP contribution in [0.4, 0.5) is 5.69 Å². The summed E-state index contributed by atoms with van der Waals surface area (Å²) in [5.41, 5.74) is 4.49. The molecule has 1 atom stereocenters. The Morgan fingerprint density at radius 3 is 2.43 bits per heavy atom. The van der Waals surface area contributed by atoms with Crippen molar-refractivity contribution in [1.82, 2.24) is 10.4 Å². The number of aryl methyl sites for hydroxylation is 1. The number of carbonyl (C=O) groups is 4. The van der Waals surface area contributed by atoms with E-state index in [9.17, 15) is 19.2 Å². The van der Waals surface area contributed by atoms with Crippen LogP contribution in [0.25, 0.3) is 0 Å². The van der Waals surface area contributed by atoms with Gasteiger partial charge in [0.05, 0.1) is 12.5 Å². The number of halogens is 1. The molecule has 0 spiro atoms. The maximum absolute atomic E-state index is 12.3. The second-order valence-corrected chi connectivity index (χ2v) is 7.79. The van der Waals surface area contributed by atoms with E-state index in [2.05, 4.69) is 26.7 Å². The summed E-state index contributed by atoms with van der Waals surface area (Å²) in [4.78, 5) is 48.6. The minimum absolute atomic E-state index is 0.0103. The Morgan fingerprint density at radius 1 is 1.10 bits per heavy atom. The number of hydrazine groups is 1. The van der Waals surface area contributed by atoms with Crippen LogP contribution in [0.5, 0.6) is 0 Å². The van der Waals surface area contributed by atoms with Crippen molar-refractivity contribution >= 4 is 45.3 Å². The van der Waals surface area contributed by atoms with E-state index in [1.165, 1.54) is 0 Å². The van der Waals surface area contributed by atoms with Crippen LogP contribution in [0.2, 0.25) is 0 Å². The highest BCUT2D eigenvalue weighted by Crippen LogP contribution is 2.18. The van der Waals surface area contributed by atoms with Gasteiger partial charge in [-0.3, -0.25) is 29.6 Å². The van der Waals surface area contributed by atoms with Crippen LogP contribution >= 0.6 is 15.9 Å². The van der Waals surface area contributed by atoms with Gasteiger partial charge in [0, 0.05) is 22.1 Å². The Balaban J connectivity index is 1.47. The second kappa shape index (κ2) is 9.53. The molecule has 2 aromatic carbocycles. The number of amides is 3. The van der Waals surface area contributed by atoms with Gasteiger partial charge in [-0.25, -0.2) is 0 Å². The first-order valence-corrected chi connectivity index (χ1v) is 10.0.